The van der Waals surface area contributed by atoms with Crippen molar-refractivity contribution in [1.29, 1.82) is 0 Å². The Kier molecular flexibility index (Phi) is 3.32. The number of hydrogen-bond acceptors (Lipinski definition) is 2. The molecule has 0 amide bonds. The van der Waals surface area contributed by atoms with Gasteiger partial charge in [-0.2, -0.15) is 12.6 Å². The summed E-state index contributed by atoms with van der Waals surface area (Å²) in [6.45, 7) is 8.29. The minimum Gasteiger partial charge on any atom is -0.379 e. The Labute approximate surface area is 104 Å². The molecule has 0 spiro atoms. The first kappa shape index (κ1) is 12.0. The van der Waals surface area contributed by atoms with E-state index < -0.39 is 0 Å². The van der Waals surface area contributed by atoms with Crippen molar-refractivity contribution in [2.75, 3.05) is 19.0 Å². The average molecular weight is 236 g/mol. The van der Waals surface area contributed by atoms with Crippen molar-refractivity contribution in [3.8, 4) is 0 Å². The predicted octanol–water partition coefficient (Wildman–Crippen LogP) is 3.20. The first-order valence-corrected chi connectivity index (χ1v) is 6.49. The molecule has 1 aromatic carbocycles. The molecule has 1 fully saturated rings. The van der Waals surface area contributed by atoms with Crippen LogP contribution >= 0.6 is 12.6 Å². The van der Waals surface area contributed by atoms with E-state index in [0.717, 1.165) is 25.4 Å². The lowest BCUT2D eigenvalue weighted by atomic mass is 9.73. The maximum atomic E-state index is 5.44. The van der Waals surface area contributed by atoms with E-state index >= 15 is 0 Å². The smallest absolute Gasteiger partial charge is 0.0586 e. The lowest BCUT2D eigenvalue weighted by Crippen LogP contribution is -2.47. The van der Waals surface area contributed by atoms with Crippen LogP contribution in [0.2, 0.25) is 0 Å². The fraction of sp³-hybridized carbons (Fsp3) is 0.571. The Morgan fingerprint density at radius 2 is 1.75 bits per heavy atom. The molecule has 0 radical (unpaired) electrons. The summed E-state index contributed by atoms with van der Waals surface area (Å²) >= 11 is 4.38. The largest absolute Gasteiger partial charge is 0.379 e. The molecule has 0 bridgehead atoms. The van der Waals surface area contributed by atoms with Crippen LogP contribution in [0.5, 0.6) is 0 Å². The Morgan fingerprint density at radius 1 is 1.12 bits per heavy atom. The second kappa shape index (κ2) is 4.42. The standard InChI is InChI=1S/C14H20OS/c1-10-6-12(3)13(7-11(10)2)14(4-5-16)8-15-9-14/h6-7,16H,4-5,8-9H2,1-3H3. The fourth-order valence-corrected chi connectivity index (χ4v) is 2.96. The van der Waals surface area contributed by atoms with Crippen molar-refractivity contribution in [2.24, 2.45) is 0 Å². The molecule has 1 aliphatic rings. The number of hydrogen-bond donors (Lipinski definition) is 1. The summed E-state index contributed by atoms with van der Waals surface area (Å²) in [6.07, 6.45) is 1.11. The summed E-state index contributed by atoms with van der Waals surface area (Å²) in [4.78, 5) is 0. The van der Waals surface area contributed by atoms with E-state index in [2.05, 4.69) is 45.5 Å². The van der Waals surface area contributed by atoms with Crippen molar-refractivity contribution in [3.05, 3.63) is 34.4 Å². The molecule has 0 saturated carbocycles. The summed E-state index contributed by atoms with van der Waals surface area (Å²) in [7, 11) is 0. The third kappa shape index (κ3) is 1.89. The molecule has 0 N–H and O–H groups in total. The molecule has 2 rings (SSSR count). The number of benzene rings is 1. The highest BCUT2D eigenvalue weighted by Gasteiger charge is 2.40. The molecular formula is C14H20OS. The van der Waals surface area contributed by atoms with Crippen LogP contribution in [0.1, 0.15) is 28.7 Å². The van der Waals surface area contributed by atoms with Gasteiger partial charge in [-0.15, -0.1) is 0 Å². The quantitative estimate of drug-likeness (QED) is 0.793. The monoisotopic (exact) mass is 236 g/mol. The van der Waals surface area contributed by atoms with Crippen LogP contribution < -0.4 is 0 Å². The van der Waals surface area contributed by atoms with Gasteiger partial charge in [-0.1, -0.05) is 12.1 Å². The van der Waals surface area contributed by atoms with Crippen LogP contribution in [-0.4, -0.2) is 19.0 Å². The molecule has 1 aromatic rings. The van der Waals surface area contributed by atoms with E-state index in [1.165, 1.54) is 22.3 Å². The topological polar surface area (TPSA) is 9.23 Å². The summed E-state index contributed by atoms with van der Waals surface area (Å²) < 4.78 is 5.44. The minimum absolute atomic E-state index is 0.240. The average Bonchev–Trinajstić information content (AvgIpc) is 2.18. The SMILES string of the molecule is Cc1cc(C)c(C2(CCS)COC2)cc1C. The van der Waals surface area contributed by atoms with Crippen LogP contribution in [0.4, 0.5) is 0 Å². The normalized spacial score (nSPS) is 18.2. The molecule has 0 unspecified atom stereocenters. The number of aryl methyl sites for hydroxylation is 3. The zero-order chi connectivity index (χ0) is 11.8. The van der Waals surface area contributed by atoms with E-state index in [0.29, 0.717) is 0 Å². The van der Waals surface area contributed by atoms with Crippen LogP contribution in [0, 0.1) is 20.8 Å². The van der Waals surface area contributed by atoms with Crippen LogP contribution in [-0.2, 0) is 10.2 Å². The lowest BCUT2D eigenvalue weighted by molar-refractivity contribution is -0.0617. The number of rotatable bonds is 3. The highest BCUT2D eigenvalue weighted by atomic mass is 32.1. The third-order valence-corrected chi connectivity index (χ3v) is 3.98. The zero-order valence-electron chi connectivity index (χ0n) is 10.3. The zero-order valence-corrected chi connectivity index (χ0v) is 11.2. The van der Waals surface area contributed by atoms with Crippen molar-refractivity contribution >= 4 is 12.6 Å². The van der Waals surface area contributed by atoms with E-state index in [1.807, 2.05) is 0 Å². The van der Waals surface area contributed by atoms with E-state index in [4.69, 9.17) is 4.74 Å². The molecule has 1 heterocycles. The second-order valence-electron chi connectivity index (χ2n) is 5.00. The molecule has 0 atom stereocenters. The van der Waals surface area contributed by atoms with Gasteiger partial charge in [0, 0.05) is 5.41 Å². The van der Waals surface area contributed by atoms with Crippen LogP contribution in [0.25, 0.3) is 0 Å². The first-order valence-electron chi connectivity index (χ1n) is 5.86. The van der Waals surface area contributed by atoms with E-state index in [9.17, 15) is 0 Å². The van der Waals surface area contributed by atoms with Gasteiger partial charge in [-0.05, 0) is 55.2 Å². The van der Waals surface area contributed by atoms with E-state index in [-0.39, 0.29) is 5.41 Å². The highest BCUT2D eigenvalue weighted by Crippen LogP contribution is 2.38. The van der Waals surface area contributed by atoms with Gasteiger partial charge < -0.3 is 4.74 Å². The maximum absolute atomic E-state index is 5.44. The molecule has 1 nitrogen and oxygen atoms in total. The van der Waals surface area contributed by atoms with Crippen LogP contribution in [0.3, 0.4) is 0 Å². The van der Waals surface area contributed by atoms with Gasteiger partial charge in [0.15, 0.2) is 0 Å². The van der Waals surface area contributed by atoms with Gasteiger partial charge in [-0.25, -0.2) is 0 Å². The Bertz CT molecular complexity index is 394. The molecule has 1 saturated heterocycles. The second-order valence-corrected chi connectivity index (χ2v) is 5.45. The maximum Gasteiger partial charge on any atom is 0.0586 e. The molecule has 0 aliphatic carbocycles. The fourth-order valence-electron chi connectivity index (χ4n) is 2.53. The van der Waals surface area contributed by atoms with Gasteiger partial charge >= 0.3 is 0 Å². The van der Waals surface area contributed by atoms with Gasteiger partial charge in [0.1, 0.15) is 0 Å². The summed E-state index contributed by atoms with van der Waals surface area (Å²) in [6, 6.07) is 4.64. The Morgan fingerprint density at radius 3 is 2.25 bits per heavy atom. The molecule has 1 aliphatic heterocycles. The van der Waals surface area contributed by atoms with Crippen LogP contribution in [0.15, 0.2) is 12.1 Å². The lowest BCUT2D eigenvalue weighted by Gasteiger charge is -2.43. The Hall–Kier alpha value is -0.470. The van der Waals surface area contributed by atoms with Crippen molar-refractivity contribution in [3.63, 3.8) is 0 Å². The molecule has 88 valence electrons. The molecular weight excluding hydrogens is 216 g/mol. The van der Waals surface area contributed by atoms with Gasteiger partial charge in [0.25, 0.3) is 0 Å². The highest BCUT2D eigenvalue weighted by molar-refractivity contribution is 7.80. The van der Waals surface area contributed by atoms with Gasteiger partial charge in [0.2, 0.25) is 0 Å². The Balaban J connectivity index is 2.42. The van der Waals surface area contributed by atoms with Crippen molar-refractivity contribution in [2.45, 2.75) is 32.6 Å². The number of thiol groups is 1. The summed E-state index contributed by atoms with van der Waals surface area (Å²) in [5.74, 6) is 0.926. The van der Waals surface area contributed by atoms with Crippen molar-refractivity contribution < 1.29 is 4.74 Å². The summed E-state index contributed by atoms with van der Waals surface area (Å²) in [5.41, 5.74) is 5.86. The predicted molar refractivity (Wildman–Crippen MR) is 71.6 cm³/mol. The van der Waals surface area contributed by atoms with Crippen molar-refractivity contribution in [1.82, 2.24) is 0 Å². The summed E-state index contributed by atoms with van der Waals surface area (Å²) in [5, 5.41) is 0. The van der Waals surface area contributed by atoms with Gasteiger partial charge in [0.05, 0.1) is 13.2 Å². The van der Waals surface area contributed by atoms with E-state index in [1.54, 1.807) is 0 Å². The molecule has 2 heteroatoms. The molecule has 16 heavy (non-hydrogen) atoms. The number of ether oxygens (including phenoxy) is 1. The third-order valence-electron chi connectivity index (χ3n) is 3.76. The minimum atomic E-state index is 0.240. The van der Waals surface area contributed by atoms with Gasteiger partial charge in [-0.3, -0.25) is 0 Å². The molecule has 0 aromatic heterocycles. The first-order chi connectivity index (χ1) is 7.59.